The molecule has 2 N–H and O–H groups in total. The highest BCUT2D eigenvalue weighted by Crippen LogP contribution is 2.22. The minimum absolute atomic E-state index is 0.0363. The quantitative estimate of drug-likeness (QED) is 0.865. The van der Waals surface area contributed by atoms with Gasteiger partial charge in [-0.2, -0.15) is 13.2 Å². The van der Waals surface area contributed by atoms with Crippen LogP contribution >= 0.6 is 0 Å². The van der Waals surface area contributed by atoms with E-state index in [0.29, 0.717) is 5.69 Å². The number of aliphatic carboxylic acids is 1. The number of nitrogens with one attached hydrogen (secondary N) is 1. The van der Waals surface area contributed by atoms with E-state index in [4.69, 9.17) is 5.11 Å². The zero-order chi connectivity index (χ0) is 15.5. The maximum Gasteiger partial charge on any atom is 0.391 e. The number of aromatic nitrogens is 1. The Labute approximate surface area is 111 Å². The molecule has 0 radical (unpaired) electrons. The predicted molar refractivity (Wildman–Crippen MR) is 60.2 cm³/mol. The molecule has 1 unspecified atom stereocenters. The zero-order valence-corrected chi connectivity index (χ0v) is 10.7. The van der Waals surface area contributed by atoms with Crippen molar-refractivity contribution in [2.75, 3.05) is 0 Å². The lowest BCUT2D eigenvalue weighted by atomic mass is 10.1. The summed E-state index contributed by atoms with van der Waals surface area (Å²) in [5, 5.41) is 14.0. The first-order valence-corrected chi connectivity index (χ1v) is 5.67. The Morgan fingerprint density at radius 2 is 2.05 bits per heavy atom. The van der Waals surface area contributed by atoms with Crippen LogP contribution in [0.25, 0.3) is 0 Å². The lowest BCUT2D eigenvalue weighted by Crippen LogP contribution is -2.43. The molecule has 0 spiro atoms. The van der Waals surface area contributed by atoms with Gasteiger partial charge in [0.2, 0.25) is 5.76 Å². The first-order valence-electron chi connectivity index (χ1n) is 5.67. The van der Waals surface area contributed by atoms with Gasteiger partial charge in [-0.3, -0.25) is 4.79 Å². The van der Waals surface area contributed by atoms with Crippen molar-refractivity contribution >= 4 is 11.9 Å². The summed E-state index contributed by atoms with van der Waals surface area (Å²) in [5.74, 6) is -3.20. The highest BCUT2D eigenvalue weighted by molar-refractivity contribution is 5.94. The van der Waals surface area contributed by atoms with Gasteiger partial charge < -0.3 is 14.9 Å². The summed E-state index contributed by atoms with van der Waals surface area (Å²) in [7, 11) is 0. The number of halogens is 3. The summed E-state index contributed by atoms with van der Waals surface area (Å²) in [6, 6.07) is -0.818. The Balaban J connectivity index is 2.77. The normalized spacial score (nSPS) is 13.3. The molecule has 1 amide bonds. The number of amides is 1. The molecule has 6 nitrogen and oxygen atoms in total. The number of hydrogen-bond acceptors (Lipinski definition) is 4. The topological polar surface area (TPSA) is 92.4 Å². The third kappa shape index (κ3) is 4.56. The summed E-state index contributed by atoms with van der Waals surface area (Å²) in [4.78, 5) is 22.3. The van der Waals surface area contributed by atoms with Crippen molar-refractivity contribution in [3.63, 3.8) is 0 Å². The van der Waals surface area contributed by atoms with Crippen molar-refractivity contribution < 1.29 is 32.4 Å². The number of carboxylic acids is 1. The molecular formula is C11H13F3N2O4. The molecule has 0 fully saturated rings. The van der Waals surface area contributed by atoms with Gasteiger partial charge in [0.05, 0.1) is 12.1 Å². The third-order valence-corrected chi connectivity index (χ3v) is 2.38. The number of carboxylic acid groups (broad SMARTS) is 1. The molecule has 0 aliphatic rings. The van der Waals surface area contributed by atoms with Crippen LogP contribution in [0.2, 0.25) is 0 Å². The van der Waals surface area contributed by atoms with Crippen LogP contribution in [0.3, 0.4) is 0 Å². The van der Waals surface area contributed by atoms with E-state index < -0.39 is 30.5 Å². The molecule has 1 aromatic heterocycles. The van der Waals surface area contributed by atoms with Crippen molar-refractivity contribution in [3.8, 4) is 0 Å². The SMILES string of the molecule is CC(C)c1cc(C(=O)NC(CC(F)(F)F)C(=O)O)on1. The van der Waals surface area contributed by atoms with Crippen LogP contribution in [0.15, 0.2) is 10.6 Å². The Morgan fingerprint density at radius 1 is 1.45 bits per heavy atom. The number of rotatable bonds is 5. The molecule has 0 aromatic carbocycles. The average Bonchev–Trinajstić information content (AvgIpc) is 2.75. The smallest absolute Gasteiger partial charge is 0.391 e. The van der Waals surface area contributed by atoms with E-state index in [1.807, 2.05) is 0 Å². The standard InChI is InChI=1S/C11H13F3N2O4/c1-5(2)6-3-8(20-16-6)9(17)15-7(10(18)19)4-11(12,13)14/h3,5,7H,4H2,1-2H3,(H,15,17)(H,18,19). The van der Waals surface area contributed by atoms with Gasteiger partial charge in [0.25, 0.3) is 5.91 Å². The second-order valence-electron chi connectivity index (χ2n) is 4.45. The molecule has 112 valence electrons. The number of nitrogens with zero attached hydrogens (tertiary/aromatic N) is 1. The number of alkyl halides is 3. The Morgan fingerprint density at radius 3 is 2.45 bits per heavy atom. The molecule has 0 aliphatic heterocycles. The highest BCUT2D eigenvalue weighted by Gasteiger charge is 2.36. The average molecular weight is 294 g/mol. The number of carbonyl (C=O) groups excluding carboxylic acids is 1. The first kappa shape index (κ1) is 16.0. The van der Waals surface area contributed by atoms with Crippen molar-refractivity contribution in [3.05, 3.63) is 17.5 Å². The van der Waals surface area contributed by atoms with Gasteiger partial charge in [-0.05, 0) is 5.92 Å². The second-order valence-corrected chi connectivity index (χ2v) is 4.45. The van der Waals surface area contributed by atoms with Gasteiger partial charge in [-0.15, -0.1) is 0 Å². The van der Waals surface area contributed by atoms with Gasteiger partial charge in [0, 0.05) is 6.07 Å². The highest BCUT2D eigenvalue weighted by atomic mass is 19.4. The van der Waals surface area contributed by atoms with Gasteiger partial charge in [0.1, 0.15) is 6.04 Å². The van der Waals surface area contributed by atoms with Crippen LogP contribution < -0.4 is 5.32 Å². The molecule has 0 saturated carbocycles. The van der Waals surface area contributed by atoms with E-state index >= 15 is 0 Å². The Hall–Kier alpha value is -2.06. The van der Waals surface area contributed by atoms with Gasteiger partial charge in [-0.25, -0.2) is 4.79 Å². The van der Waals surface area contributed by atoms with Crippen LogP contribution in [-0.4, -0.2) is 34.4 Å². The van der Waals surface area contributed by atoms with Crippen molar-refractivity contribution in [1.82, 2.24) is 10.5 Å². The zero-order valence-electron chi connectivity index (χ0n) is 10.7. The third-order valence-electron chi connectivity index (χ3n) is 2.38. The molecule has 20 heavy (non-hydrogen) atoms. The first-order chi connectivity index (χ1) is 9.10. The van der Waals surface area contributed by atoms with Gasteiger partial charge in [0.15, 0.2) is 0 Å². The van der Waals surface area contributed by atoms with Crippen LogP contribution in [0, 0.1) is 0 Å². The monoisotopic (exact) mass is 294 g/mol. The molecule has 9 heteroatoms. The summed E-state index contributed by atoms with van der Waals surface area (Å²) in [5.41, 5.74) is 0.442. The van der Waals surface area contributed by atoms with Crippen LogP contribution in [0.4, 0.5) is 13.2 Å². The van der Waals surface area contributed by atoms with Crippen LogP contribution in [-0.2, 0) is 4.79 Å². The van der Waals surface area contributed by atoms with E-state index in [0.717, 1.165) is 0 Å². The van der Waals surface area contributed by atoms with Crippen molar-refractivity contribution in [2.45, 2.75) is 38.4 Å². The fraction of sp³-hybridized carbons (Fsp3) is 0.545. The summed E-state index contributed by atoms with van der Waals surface area (Å²) < 4.78 is 41.2. The molecule has 1 rings (SSSR count). The van der Waals surface area contributed by atoms with Crippen LogP contribution in [0.1, 0.15) is 42.4 Å². The lowest BCUT2D eigenvalue weighted by Gasteiger charge is -2.15. The maximum absolute atomic E-state index is 12.2. The van der Waals surface area contributed by atoms with E-state index in [2.05, 4.69) is 9.68 Å². The van der Waals surface area contributed by atoms with Crippen molar-refractivity contribution in [1.29, 1.82) is 0 Å². The second kappa shape index (κ2) is 5.93. The lowest BCUT2D eigenvalue weighted by molar-refractivity contribution is -0.157. The molecule has 1 aromatic rings. The predicted octanol–water partition coefficient (Wildman–Crippen LogP) is 1.93. The molecular weight excluding hydrogens is 281 g/mol. The Bertz CT molecular complexity index is 496. The molecule has 1 heterocycles. The molecule has 0 aliphatic carbocycles. The van der Waals surface area contributed by atoms with Gasteiger partial charge in [-0.1, -0.05) is 19.0 Å². The van der Waals surface area contributed by atoms with Crippen LogP contribution in [0.5, 0.6) is 0 Å². The largest absolute Gasteiger partial charge is 0.480 e. The number of hydrogen-bond donors (Lipinski definition) is 2. The fourth-order valence-electron chi connectivity index (χ4n) is 1.33. The minimum Gasteiger partial charge on any atom is -0.480 e. The number of carbonyl (C=O) groups is 2. The molecule has 0 saturated heterocycles. The van der Waals surface area contributed by atoms with Crippen molar-refractivity contribution in [2.24, 2.45) is 0 Å². The van der Waals surface area contributed by atoms with Gasteiger partial charge >= 0.3 is 12.1 Å². The van der Waals surface area contributed by atoms with E-state index in [-0.39, 0.29) is 11.7 Å². The summed E-state index contributed by atoms with van der Waals surface area (Å²) >= 11 is 0. The Kier molecular flexibility index (Phi) is 4.74. The van der Waals surface area contributed by atoms with E-state index in [9.17, 15) is 22.8 Å². The van der Waals surface area contributed by atoms with E-state index in [1.54, 1.807) is 19.2 Å². The minimum atomic E-state index is -4.71. The molecule has 0 bridgehead atoms. The van der Waals surface area contributed by atoms with E-state index in [1.165, 1.54) is 6.07 Å². The fourth-order valence-corrected chi connectivity index (χ4v) is 1.33. The summed E-state index contributed by atoms with van der Waals surface area (Å²) in [6.45, 7) is 3.56. The summed E-state index contributed by atoms with van der Waals surface area (Å²) in [6.07, 6.45) is -6.37. The maximum atomic E-state index is 12.2. The molecule has 1 atom stereocenters.